The molecule has 5 nitrogen and oxygen atoms in total. The first-order valence-electron chi connectivity index (χ1n) is 5.15. The zero-order valence-electron chi connectivity index (χ0n) is 8.87. The lowest BCUT2D eigenvalue weighted by Gasteiger charge is -2.32. The molecule has 1 aliphatic rings. The van der Waals surface area contributed by atoms with E-state index in [0.29, 0.717) is 13.2 Å². The molecule has 1 atom stereocenters. The second-order valence-corrected chi connectivity index (χ2v) is 4.57. The highest BCUT2D eigenvalue weighted by atomic mass is 32.1. The van der Waals surface area contributed by atoms with Crippen LogP contribution in [0.25, 0.3) is 0 Å². The number of oxime groups is 1. The fourth-order valence-corrected chi connectivity index (χ4v) is 2.72. The van der Waals surface area contributed by atoms with Gasteiger partial charge in [-0.1, -0.05) is 11.2 Å². The molecule has 0 amide bonds. The standard InChI is InChI=1S/C10H15N3O2S/c11-10(12-14)9(8-2-1-7-16-8)13-3-5-15-6-4-13/h1-2,7,9,14H,3-6H2,(H2,11,12)/t9-/m1/s1. The summed E-state index contributed by atoms with van der Waals surface area (Å²) in [5.41, 5.74) is 5.76. The largest absolute Gasteiger partial charge is 0.409 e. The summed E-state index contributed by atoms with van der Waals surface area (Å²) in [5, 5.41) is 14.0. The summed E-state index contributed by atoms with van der Waals surface area (Å²) >= 11 is 1.61. The molecule has 0 saturated carbocycles. The minimum Gasteiger partial charge on any atom is -0.409 e. The van der Waals surface area contributed by atoms with E-state index in [2.05, 4.69) is 10.1 Å². The van der Waals surface area contributed by atoms with E-state index in [1.165, 1.54) is 0 Å². The molecule has 0 radical (unpaired) electrons. The van der Waals surface area contributed by atoms with E-state index in [1.54, 1.807) is 11.3 Å². The Labute approximate surface area is 98.1 Å². The topological polar surface area (TPSA) is 71.1 Å². The molecule has 3 N–H and O–H groups in total. The van der Waals surface area contributed by atoms with Crippen LogP contribution in [-0.4, -0.2) is 42.2 Å². The number of amidine groups is 1. The summed E-state index contributed by atoms with van der Waals surface area (Å²) in [7, 11) is 0. The van der Waals surface area contributed by atoms with Crippen LogP contribution in [0.4, 0.5) is 0 Å². The molecule has 0 aromatic carbocycles. The van der Waals surface area contributed by atoms with Gasteiger partial charge in [0.2, 0.25) is 0 Å². The number of hydrogen-bond acceptors (Lipinski definition) is 5. The third-order valence-electron chi connectivity index (χ3n) is 2.62. The van der Waals surface area contributed by atoms with Crippen LogP contribution in [0.2, 0.25) is 0 Å². The van der Waals surface area contributed by atoms with Crippen LogP contribution in [-0.2, 0) is 4.74 Å². The molecule has 1 fully saturated rings. The van der Waals surface area contributed by atoms with Gasteiger partial charge in [0.25, 0.3) is 0 Å². The summed E-state index contributed by atoms with van der Waals surface area (Å²) in [5.74, 6) is 0.240. The SMILES string of the molecule is NC(=NO)[C@@H](c1cccs1)N1CCOCC1. The Kier molecular flexibility index (Phi) is 3.76. The first-order valence-corrected chi connectivity index (χ1v) is 6.03. The van der Waals surface area contributed by atoms with Gasteiger partial charge < -0.3 is 15.7 Å². The highest BCUT2D eigenvalue weighted by molar-refractivity contribution is 7.10. The van der Waals surface area contributed by atoms with Crippen molar-refractivity contribution in [1.29, 1.82) is 0 Å². The molecule has 1 aliphatic heterocycles. The molecule has 0 aliphatic carbocycles. The molecule has 88 valence electrons. The zero-order chi connectivity index (χ0) is 11.4. The molecule has 16 heavy (non-hydrogen) atoms. The van der Waals surface area contributed by atoms with E-state index in [9.17, 15) is 0 Å². The smallest absolute Gasteiger partial charge is 0.161 e. The van der Waals surface area contributed by atoms with Gasteiger partial charge in [-0.15, -0.1) is 11.3 Å². The van der Waals surface area contributed by atoms with E-state index in [4.69, 9.17) is 15.7 Å². The molecule has 0 spiro atoms. The normalized spacial score (nSPS) is 20.9. The minimum absolute atomic E-state index is 0.131. The van der Waals surface area contributed by atoms with Gasteiger partial charge in [0.15, 0.2) is 5.84 Å². The summed E-state index contributed by atoms with van der Waals surface area (Å²) in [6.45, 7) is 3.00. The van der Waals surface area contributed by atoms with Gasteiger partial charge in [-0.3, -0.25) is 4.90 Å². The van der Waals surface area contributed by atoms with E-state index in [0.717, 1.165) is 18.0 Å². The number of hydrogen-bond donors (Lipinski definition) is 2. The van der Waals surface area contributed by atoms with E-state index in [-0.39, 0.29) is 11.9 Å². The average Bonchev–Trinajstić information content (AvgIpc) is 2.84. The zero-order valence-corrected chi connectivity index (χ0v) is 9.69. The van der Waals surface area contributed by atoms with Crippen molar-refractivity contribution in [3.05, 3.63) is 22.4 Å². The average molecular weight is 241 g/mol. The number of ether oxygens (including phenoxy) is 1. The summed E-state index contributed by atoms with van der Waals surface area (Å²) < 4.78 is 5.30. The van der Waals surface area contributed by atoms with E-state index >= 15 is 0 Å². The van der Waals surface area contributed by atoms with Crippen LogP contribution in [0.1, 0.15) is 10.9 Å². The molecule has 0 unspecified atom stereocenters. The first kappa shape index (κ1) is 11.4. The number of rotatable bonds is 3. The van der Waals surface area contributed by atoms with Crippen molar-refractivity contribution >= 4 is 17.2 Å². The van der Waals surface area contributed by atoms with Crippen LogP contribution in [0, 0.1) is 0 Å². The second kappa shape index (κ2) is 5.29. The van der Waals surface area contributed by atoms with Gasteiger partial charge in [-0.05, 0) is 11.4 Å². The predicted octanol–water partition coefficient (Wildman–Crippen LogP) is 0.868. The van der Waals surface area contributed by atoms with Gasteiger partial charge in [0.05, 0.1) is 13.2 Å². The van der Waals surface area contributed by atoms with Crippen LogP contribution in [0.5, 0.6) is 0 Å². The van der Waals surface area contributed by atoms with Crippen molar-refractivity contribution in [2.24, 2.45) is 10.9 Å². The quantitative estimate of drug-likeness (QED) is 0.356. The Balaban J connectivity index is 2.20. The van der Waals surface area contributed by atoms with Crippen molar-refractivity contribution in [2.45, 2.75) is 6.04 Å². The van der Waals surface area contributed by atoms with Crippen molar-refractivity contribution in [3.8, 4) is 0 Å². The molecule has 2 rings (SSSR count). The Hall–Kier alpha value is -1.11. The van der Waals surface area contributed by atoms with Crippen molar-refractivity contribution < 1.29 is 9.94 Å². The second-order valence-electron chi connectivity index (χ2n) is 3.59. The summed E-state index contributed by atoms with van der Waals surface area (Å²) in [6.07, 6.45) is 0. The molecule has 1 aromatic rings. The highest BCUT2D eigenvalue weighted by Crippen LogP contribution is 2.25. The van der Waals surface area contributed by atoms with Crippen LogP contribution in [0.15, 0.2) is 22.7 Å². The fourth-order valence-electron chi connectivity index (χ4n) is 1.85. The molecular formula is C10H15N3O2S. The lowest BCUT2D eigenvalue weighted by atomic mass is 10.1. The maximum absolute atomic E-state index is 8.84. The minimum atomic E-state index is -0.131. The van der Waals surface area contributed by atoms with Gasteiger partial charge in [0.1, 0.15) is 6.04 Å². The number of nitrogens with two attached hydrogens (primary N) is 1. The highest BCUT2D eigenvalue weighted by Gasteiger charge is 2.26. The van der Waals surface area contributed by atoms with Crippen LogP contribution < -0.4 is 5.73 Å². The monoisotopic (exact) mass is 241 g/mol. The lowest BCUT2D eigenvalue weighted by molar-refractivity contribution is 0.0285. The fraction of sp³-hybridized carbons (Fsp3) is 0.500. The Morgan fingerprint density at radius 2 is 2.31 bits per heavy atom. The molecule has 2 heterocycles. The summed E-state index contributed by atoms with van der Waals surface area (Å²) in [4.78, 5) is 3.27. The maximum atomic E-state index is 8.84. The Bertz CT molecular complexity index is 347. The van der Waals surface area contributed by atoms with Crippen LogP contribution in [0.3, 0.4) is 0 Å². The van der Waals surface area contributed by atoms with Gasteiger partial charge in [-0.2, -0.15) is 0 Å². The van der Waals surface area contributed by atoms with E-state index < -0.39 is 0 Å². The third kappa shape index (κ3) is 2.34. The molecule has 1 saturated heterocycles. The van der Waals surface area contributed by atoms with Crippen molar-refractivity contribution in [1.82, 2.24) is 4.90 Å². The summed E-state index contributed by atoms with van der Waals surface area (Å²) in [6, 6.07) is 3.84. The number of morpholine rings is 1. The van der Waals surface area contributed by atoms with Gasteiger partial charge >= 0.3 is 0 Å². The Morgan fingerprint density at radius 3 is 2.88 bits per heavy atom. The van der Waals surface area contributed by atoms with Gasteiger partial charge in [-0.25, -0.2) is 0 Å². The molecule has 1 aromatic heterocycles. The molecule has 6 heteroatoms. The lowest BCUT2D eigenvalue weighted by Crippen LogP contribution is -2.44. The number of thiophene rings is 1. The Morgan fingerprint density at radius 1 is 1.56 bits per heavy atom. The van der Waals surface area contributed by atoms with E-state index in [1.807, 2.05) is 17.5 Å². The van der Waals surface area contributed by atoms with Crippen molar-refractivity contribution in [3.63, 3.8) is 0 Å². The van der Waals surface area contributed by atoms with Crippen LogP contribution >= 0.6 is 11.3 Å². The predicted molar refractivity (Wildman–Crippen MR) is 62.9 cm³/mol. The van der Waals surface area contributed by atoms with Gasteiger partial charge in [0, 0.05) is 18.0 Å². The molecular weight excluding hydrogens is 226 g/mol. The first-order chi connectivity index (χ1) is 7.83. The molecule has 0 bridgehead atoms. The third-order valence-corrected chi connectivity index (χ3v) is 3.54. The van der Waals surface area contributed by atoms with Crippen molar-refractivity contribution in [2.75, 3.05) is 26.3 Å². The number of nitrogens with zero attached hydrogens (tertiary/aromatic N) is 2. The maximum Gasteiger partial charge on any atom is 0.161 e.